The molecule has 6 aromatic rings. The number of hydrogen-bond donors (Lipinski definition) is 0. The van der Waals surface area contributed by atoms with E-state index in [1.54, 1.807) is 0 Å². The van der Waals surface area contributed by atoms with Crippen molar-refractivity contribution in [1.29, 1.82) is 0 Å². The van der Waals surface area contributed by atoms with Gasteiger partial charge in [-0.25, -0.2) is 0 Å². The van der Waals surface area contributed by atoms with Gasteiger partial charge in [-0.1, -0.05) is 97.0 Å². The third kappa shape index (κ3) is 4.13. The minimum absolute atomic E-state index is 0.112. The zero-order chi connectivity index (χ0) is 34.9. The van der Waals surface area contributed by atoms with Crippen LogP contribution in [-0.2, 0) is 22.2 Å². The Kier molecular flexibility index (Phi) is 5.90. The summed E-state index contributed by atoms with van der Waals surface area (Å²) in [4.78, 5) is 5.21. The molecule has 0 radical (unpaired) electrons. The topological polar surface area (TPSA) is 39.1 Å². The first-order valence-corrected chi connectivity index (χ1v) is 17.0. The Hall–Kier alpha value is -4.44. The van der Waals surface area contributed by atoms with Crippen LogP contribution in [0.2, 0.25) is 0 Å². The molecule has 4 nitrogen and oxygen atoms in total. The van der Waals surface area contributed by atoms with Gasteiger partial charge < -0.3 is 9.15 Å². The zero-order valence-corrected chi connectivity index (χ0v) is 29.2. The van der Waals surface area contributed by atoms with E-state index in [0.717, 1.165) is 55.5 Å². The number of benzene rings is 4. The van der Waals surface area contributed by atoms with Gasteiger partial charge in [-0.2, -0.15) is 4.57 Å². The minimum atomic E-state index is -1.44. The van der Waals surface area contributed by atoms with Crippen molar-refractivity contribution < 1.29 is 16.5 Å². The van der Waals surface area contributed by atoms with Gasteiger partial charge in [0, 0.05) is 31.6 Å². The Balaban J connectivity index is 1.56. The number of rotatable bonds is 3. The summed E-state index contributed by atoms with van der Waals surface area (Å²) in [6, 6.07) is 21.3. The van der Waals surface area contributed by atoms with Crippen molar-refractivity contribution >= 4 is 43.6 Å². The van der Waals surface area contributed by atoms with E-state index in [4.69, 9.17) is 16.9 Å². The molecule has 2 aliphatic rings. The molecule has 0 fully saturated rings. The fraction of sp³-hybridized carbons (Fsp3) is 0.349. The van der Waals surface area contributed by atoms with Crippen LogP contribution in [0.15, 0.2) is 88.1 Å². The molecule has 4 heterocycles. The summed E-state index contributed by atoms with van der Waals surface area (Å²) in [6.07, 6.45) is 0.728. The molecule has 2 aliphatic heterocycles. The van der Waals surface area contributed by atoms with E-state index in [-0.39, 0.29) is 17.3 Å². The molecule has 4 aromatic carbocycles. The number of ether oxygens (including phenoxy) is 1. The first-order chi connectivity index (χ1) is 23.1. The smallest absolute Gasteiger partial charge is 0.346 e. The van der Waals surface area contributed by atoms with Crippen molar-refractivity contribution in [3.05, 3.63) is 106 Å². The van der Waals surface area contributed by atoms with Crippen molar-refractivity contribution in [3.63, 3.8) is 0 Å². The lowest BCUT2D eigenvalue weighted by Gasteiger charge is -2.38. The van der Waals surface area contributed by atoms with Crippen molar-refractivity contribution in [1.82, 2.24) is 4.98 Å². The number of hydrogen-bond acceptors (Lipinski definition) is 3. The first kappa shape index (κ1) is 27.7. The molecular formula is C43H45N2O2+. The molecule has 4 heteroatoms. The van der Waals surface area contributed by atoms with Gasteiger partial charge in [0.2, 0.25) is 0 Å². The summed E-state index contributed by atoms with van der Waals surface area (Å²) in [6.45, 7) is 21.6. The fourth-order valence-corrected chi connectivity index (χ4v) is 8.54. The van der Waals surface area contributed by atoms with E-state index in [1.807, 2.05) is 32.0 Å². The van der Waals surface area contributed by atoms with Crippen LogP contribution in [0, 0.1) is 18.8 Å². The van der Waals surface area contributed by atoms with E-state index in [9.17, 15) is 0 Å². The maximum atomic E-state index is 8.72. The number of furan rings is 1. The highest BCUT2D eigenvalue weighted by Crippen LogP contribution is 2.55. The molecule has 0 saturated carbocycles. The second-order valence-corrected chi connectivity index (χ2v) is 15.2. The van der Waals surface area contributed by atoms with E-state index >= 15 is 0 Å². The van der Waals surface area contributed by atoms with Crippen LogP contribution < -0.4 is 4.57 Å². The summed E-state index contributed by atoms with van der Waals surface area (Å²) >= 11 is 0. The van der Waals surface area contributed by atoms with Crippen LogP contribution >= 0.6 is 0 Å². The highest BCUT2D eigenvalue weighted by Gasteiger charge is 2.59. The second kappa shape index (κ2) is 10.0. The van der Waals surface area contributed by atoms with Gasteiger partial charge in [-0.05, 0) is 93.5 Å². The maximum absolute atomic E-state index is 8.72. The third-order valence-electron chi connectivity index (χ3n) is 10.0. The molecule has 0 bridgehead atoms. The molecule has 2 aromatic heterocycles. The monoisotopic (exact) mass is 623 g/mol. The number of fused-ring (bicyclic) bond motifs is 13. The highest BCUT2D eigenvalue weighted by molar-refractivity contribution is 6.18. The predicted octanol–water partition coefficient (Wildman–Crippen LogP) is 11.0. The standard InChI is InChI=1S/C43H45N2O2/c1-23(2)19-28-15-17-30-29(21-28)16-18-33-36-39-34-22-35(42(8,9)10)31-13-11-12-14-32(31)38(34)43(37(24(3)4)25(5)20-26(6)47-43)45(39)27(7)44-41(36)46-40(30)33/h11-18,20-24H,19H2,1-10H3/q+1/i19D2. The van der Waals surface area contributed by atoms with Gasteiger partial charge in [0.25, 0.3) is 0 Å². The zero-order valence-electron chi connectivity index (χ0n) is 31.2. The summed E-state index contributed by atoms with van der Waals surface area (Å²) in [5.41, 5.74) is 8.07. The average Bonchev–Trinajstić information content (AvgIpc) is 3.52. The highest BCUT2D eigenvalue weighted by atomic mass is 16.5. The van der Waals surface area contributed by atoms with Gasteiger partial charge in [0.15, 0.2) is 5.69 Å². The molecule has 0 aliphatic carbocycles. The van der Waals surface area contributed by atoms with Crippen LogP contribution in [0.1, 0.15) is 87.6 Å². The quantitative estimate of drug-likeness (QED) is 0.184. The average molecular weight is 624 g/mol. The van der Waals surface area contributed by atoms with Crippen LogP contribution in [0.25, 0.3) is 54.9 Å². The number of allylic oxidation sites excluding steroid dienone is 3. The predicted molar refractivity (Wildman–Crippen MR) is 194 cm³/mol. The lowest BCUT2D eigenvalue weighted by Crippen LogP contribution is -2.61. The Bertz CT molecular complexity index is 2470. The minimum Gasteiger partial charge on any atom is -0.446 e. The van der Waals surface area contributed by atoms with Crippen LogP contribution in [0.4, 0.5) is 0 Å². The molecule has 8 rings (SSSR count). The molecule has 47 heavy (non-hydrogen) atoms. The lowest BCUT2D eigenvalue weighted by molar-refractivity contribution is -0.777. The summed E-state index contributed by atoms with van der Waals surface area (Å²) in [5, 5.41) is 6.27. The Morgan fingerprint density at radius 1 is 0.894 bits per heavy atom. The third-order valence-corrected chi connectivity index (χ3v) is 10.0. The van der Waals surface area contributed by atoms with E-state index < -0.39 is 12.1 Å². The molecular weight excluding hydrogens is 576 g/mol. The fourth-order valence-electron chi connectivity index (χ4n) is 8.54. The molecule has 0 saturated heterocycles. The van der Waals surface area contributed by atoms with Gasteiger partial charge in [-0.15, -0.1) is 0 Å². The van der Waals surface area contributed by atoms with E-state index in [1.165, 1.54) is 27.5 Å². The molecule has 1 atom stereocenters. The second-order valence-electron chi connectivity index (χ2n) is 15.2. The largest absolute Gasteiger partial charge is 0.446 e. The number of aryl methyl sites for hydroxylation is 1. The van der Waals surface area contributed by atoms with Gasteiger partial charge in [0.05, 0.1) is 11.3 Å². The van der Waals surface area contributed by atoms with E-state index in [0.29, 0.717) is 11.3 Å². The van der Waals surface area contributed by atoms with E-state index in [2.05, 4.69) is 108 Å². The number of aromatic nitrogens is 2. The van der Waals surface area contributed by atoms with Crippen LogP contribution in [0.3, 0.4) is 0 Å². The van der Waals surface area contributed by atoms with Crippen LogP contribution in [0.5, 0.6) is 0 Å². The lowest BCUT2D eigenvalue weighted by atomic mass is 9.76. The Morgan fingerprint density at radius 2 is 1.62 bits per heavy atom. The normalized spacial score (nSPS) is 18.9. The van der Waals surface area contributed by atoms with Crippen molar-refractivity contribution in [3.8, 4) is 11.3 Å². The summed E-state index contributed by atoms with van der Waals surface area (Å²) in [7, 11) is 0. The number of nitrogens with zero attached hydrogens (tertiary/aromatic N) is 2. The molecule has 1 spiro atoms. The SMILES string of the molecule is [2H]C([2H])(c1ccc2c(ccc3c2oc2nc(C)[n+]4c(c23)-c2cc(C(C)(C)C)c3ccccc3c2C42OC(C)=CC(C)=C2C(C)C)c1)C(C)C. The van der Waals surface area contributed by atoms with Gasteiger partial charge in [-0.3, -0.25) is 0 Å². The molecule has 0 amide bonds. The summed E-state index contributed by atoms with van der Waals surface area (Å²) < 4.78 is 33.8. The van der Waals surface area contributed by atoms with Gasteiger partial charge in [0.1, 0.15) is 11.0 Å². The van der Waals surface area contributed by atoms with Crippen molar-refractivity contribution in [2.45, 2.75) is 86.8 Å². The Labute approximate surface area is 280 Å². The molecule has 0 N–H and O–H groups in total. The Morgan fingerprint density at radius 3 is 2.32 bits per heavy atom. The van der Waals surface area contributed by atoms with Crippen LogP contribution in [-0.4, -0.2) is 4.98 Å². The van der Waals surface area contributed by atoms with Crippen molar-refractivity contribution in [2.75, 3.05) is 0 Å². The maximum Gasteiger partial charge on any atom is 0.346 e. The summed E-state index contributed by atoms with van der Waals surface area (Å²) in [5.74, 6) is 1.73. The first-order valence-electron chi connectivity index (χ1n) is 18.0. The molecule has 238 valence electrons. The van der Waals surface area contributed by atoms with Crippen molar-refractivity contribution in [2.24, 2.45) is 11.8 Å². The molecule has 1 unspecified atom stereocenters. The van der Waals surface area contributed by atoms with Gasteiger partial charge >= 0.3 is 17.3 Å².